The molecule has 78 valence electrons. The van der Waals surface area contributed by atoms with Gasteiger partial charge in [0.05, 0.1) is 30.3 Å². The van der Waals surface area contributed by atoms with Crippen molar-refractivity contribution in [2.24, 2.45) is 5.92 Å². The molecule has 2 rings (SSSR count). The fourth-order valence-corrected chi connectivity index (χ4v) is 2.51. The van der Waals surface area contributed by atoms with Crippen LogP contribution in [-0.2, 0) is 4.74 Å². The summed E-state index contributed by atoms with van der Waals surface area (Å²) in [5.74, 6) is -0.207. The van der Waals surface area contributed by atoms with Crippen LogP contribution >= 0.6 is 0 Å². The molecular formula is C11H17NO2. The van der Waals surface area contributed by atoms with Gasteiger partial charge < -0.3 is 9.84 Å². The monoisotopic (exact) mass is 195 g/mol. The van der Waals surface area contributed by atoms with Gasteiger partial charge in [0.25, 0.3) is 0 Å². The Bertz CT molecular complexity index is 230. The second-order valence-electron chi connectivity index (χ2n) is 4.38. The predicted molar refractivity (Wildman–Crippen MR) is 51.5 cm³/mol. The standard InChI is InChI=1S/C11H17NO2/c12-7-8-5-6-10(11(8)13)14-9-3-1-2-4-9/h8-11,13H,1-6H2. The summed E-state index contributed by atoms with van der Waals surface area (Å²) in [6.07, 6.45) is 6.08. The minimum atomic E-state index is -0.555. The number of rotatable bonds is 2. The van der Waals surface area contributed by atoms with Crippen molar-refractivity contribution < 1.29 is 9.84 Å². The Hall–Kier alpha value is -0.590. The average molecular weight is 195 g/mol. The van der Waals surface area contributed by atoms with Crippen LogP contribution in [0.3, 0.4) is 0 Å². The summed E-state index contributed by atoms with van der Waals surface area (Å²) >= 11 is 0. The summed E-state index contributed by atoms with van der Waals surface area (Å²) in [7, 11) is 0. The molecule has 3 unspecified atom stereocenters. The van der Waals surface area contributed by atoms with E-state index >= 15 is 0 Å². The molecular weight excluding hydrogens is 178 g/mol. The Morgan fingerprint density at radius 2 is 1.86 bits per heavy atom. The Kier molecular flexibility index (Phi) is 3.05. The van der Waals surface area contributed by atoms with Gasteiger partial charge in [-0.1, -0.05) is 12.8 Å². The van der Waals surface area contributed by atoms with Gasteiger partial charge >= 0.3 is 0 Å². The zero-order chi connectivity index (χ0) is 9.97. The number of ether oxygens (including phenoxy) is 1. The van der Waals surface area contributed by atoms with E-state index in [1.54, 1.807) is 0 Å². The van der Waals surface area contributed by atoms with Gasteiger partial charge in [-0.25, -0.2) is 0 Å². The van der Waals surface area contributed by atoms with Crippen LogP contribution < -0.4 is 0 Å². The number of nitriles is 1. The second-order valence-corrected chi connectivity index (χ2v) is 4.38. The van der Waals surface area contributed by atoms with Crippen molar-refractivity contribution in [1.29, 1.82) is 5.26 Å². The summed E-state index contributed by atoms with van der Waals surface area (Å²) in [4.78, 5) is 0. The first-order valence-corrected chi connectivity index (χ1v) is 5.54. The van der Waals surface area contributed by atoms with Crippen molar-refractivity contribution in [3.63, 3.8) is 0 Å². The molecule has 0 saturated heterocycles. The van der Waals surface area contributed by atoms with Crippen molar-refractivity contribution in [3.05, 3.63) is 0 Å². The normalized spacial score (nSPS) is 38.7. The molecule has 0 radical (unpaired) electrons. The molecule has 2 fully saturated rings. The van der Waals surface area contributed by atoms with Crippen LogP contribution in [0, 0.1) is 17.2 Å². The number of nitrogens with zero attached hydrogens (tertiary/aromatic N) is 1. The molecule has 2 aliphatic rings. The minimum absolute atomic E-state index is 0.0808. The van der Waals surface area contributed by atoms with E-state index in [4.69, 9.17) is 10.00 Å². The molecule has 0 bridgehead atoms. The fourth-order valence-electron chi connectivity index (χ4n) is 2.51. The van der Waals surface area contributed by atoms with Gasteiger partial charge in [0.15, 0.2) is 0 Å². The maximum Gasteiger partial charge on any atom is 0.0959 e. The summed E-state index contributed by atoms with van der Waals surface area (Å²) in [6.45, 7) is 0. The molecule has 0 aliphatic heterocycles. The zero-order valence-corrected chi connectivity index (χ0v) is 8.35. The van der Waals surface area contributed by atoms with Crippen LogP contribution in [0.5, 0.6) is 0 Å². The van der Waals surface area contributed by atoms with Crippen molar-refractivity contribution in [2.45, 2.75) is 56.8 Å². The molecule has 0 aromatic carbocycles. The summed E-state index contributed by atoms with van der Waals surface area (Å²) < 4.78 is 5.82. The molecule has 3 heteroatoms. The van der Waals surface area contributed by atoms with Crippen LogP contribution in [0.4, 0.5) is 0 Å². The Morgan fingerprint density at radius 1 is 1.14 bits per heavy atom. The lowest BCUT2D eigenvalue weighted by Crippen LogP contribution is -2.30. The molecule has 1 N–H and O–H groups in total. The first-order chi connectivity index (χ1) is 6.81. The average Bonchev–Trinajstić information content (AvgIpc) is 2.79. The smallest absolute Gasteiger partial charge is 0.0959 e. The van der Waals surface area contributed by atoms with Crippen molar-refractivity contribution >= 4 is 0 Å². The Balaban J connectivity index is 1.84. The molecule has 0 amide bonds. The predicted octanol–water partition coefficient (Wildman–Crippen LogP) is 1.61. The molecule has 0 aromatic rings. The summed E-state index contributed by atoms with van der Waals surface area (Å²) in [5, 5.41) is 18.5. The maximum atomic E-state index is 9.76. The first kappa shape index (κ1) is 9.95. The zero-order valence-electron chi connectivity index (χ0n) is 8.35. The van der Waals surface area contributed by atoms with E-state index in [0.29, 0.717) is 6.10 Å². The van der Waals surface area contributed by atoms with Gasteiger partial charge in [0.1, 0.15) is 0 Å². The maximum absolute atomic E-state index is 9.76. The molecule has 2 saturated carbocycles. The van der Waals surface area contributed by atoms with E-state index in [1.807, 2.05) is 0 Å². The van der Waals surface area contributed by atoms with Crippen molar-refractivity contribution in [2.75, 3.05) is 0 Å². The number of aliphatic hydroxyl groups excluding tert-OH is 1. The lowest BCUT2D eigenvalue weighted by molar-refractivity contribution is -0.0641. The summed E-state index contributed by atoms with van der Waals surface area (Å²) in [6, 6.07) is 2.14. The van der Waals surface area contributed by atoms with Gasteiger partial charge in [-0.05, 0) is 25.7 Å². The van der Waals surface area contributed by atoms with Gasteiger partial charge in [-0.15, -0.1) is 0 Å². The van der Waals surface area contributed by atoms with Gasteiger partial charge in [0, 0.05) is 0 Å². The lowest BCUT2D eigenvalue weighted by atomic mass is 10.1. The summed E-state index contributed by atoms with van der Waals surface area (Å²) in [5.41, 5.74) is 0. The van der Waals surface area contributed by atoms with E-state index in [1.165, 1.54) is 12.8 Å². The lowest BCUT2D eigenvalue weighted by Gasteiger charge is -2.21. The van der Waals surface area contributed by atoms with E-state index in [9.17, 15) is 5.11 Å². The highest BCUT2D eigenvalue weighted by atomic mass is 16.5. The van der Waals surface area contributed by atoms with Crippen molar-refractivity contribution in [1.82, 2.24) is 0 Å². The van der Waals surface area contributed by atoms with Crippen LogP contribution in [0.25, 0.3) is 0 Å². The topological polar surface area (TPSA) is 53.2 Å². The molecule has 2 aliphatic carbocycles. The number of aliphatic hydroxyl groups is 1. The van der Waals surface area contributed by atoms with Crippen LogP contribution in [-0.4, -0.2) is 23.4 Å². The highest BCUT2D eigenvalue weighted by molar-refractivity contribution is 4.98. The third-order valence-electron chi connectivity index (χ3n) is 3.39. The van der Waals surface area contributed by atoms with E-state index in [0.717, 1.165) is 25.7 Å². The molecule has 3 atom stereocenters. The van der Waals surface area contributed by atoms with Crippen LogP contribution in [0.15, 0.2) is 0 Å². The van der Waals surface area contributed by atoms with E-state index in [-0.39, 0.29) is 12.0 Å². The highest BCUT2D eigenvalue weighted by Crippen LogP contribution is 2.31. The van der Waals surface area contributed by atoms with E-state index in [2.05, 4.69) is 6.07 Å². The molecule has 3 nitrogen and oxygen atoms in total. The number of hydrogen-bond acceptors (Lipinski definition) is 3. The molecule has 14 heavy (non-hydrogen) atoms. The van der Waals surface area contributed by atoms with Gasteiger partial charge in [0.2, 0.25) is 0 Å². The van der Waals surface area contributed by atoms with Crippen LogP contribution in [0.2, 0.25) is 0 Å². The largest absolute Gasteiger partial charge is 0.389 e. The first-order valence-electron chi connectivity index (χ1n) is 5.54. The third-order valence-corrected chi connectivity index (χ3v) is 3.39. The van der Waals surface area contributed by atoms with Crippen LogP contribution in [0.1, 0.15) is 38.5 Å². The SMILES string of the molecule is N#CC1CCC(OC2CCCC2)C1O. The Morgan fingerprint density at radius 3 is 2.43 bits per heavy atom. The van der Waals surface area contributed by atoms with Gasteiger partial charge in [-0.3, -0.25) is 0 Å². The fraction of sp³-hybridized carbons (Fsp3) is 0.909. The quantitative estimate of drug-likeness (QED) is 0.728. The molecule has 0 heterocycles. The second kappa shape index (κ2) is 4.29. The molecule has 0 aromatic heterocycles. The van der Waals surface area contributed by atoms with E-state index < -0.39 is 6.10 Å². The number of hydrogen-bond donors (Lipinski definition) is 1. The van der Waals surface area contributed by atoms with Gasteiger partial charge in [-0.2, -0.15) is 5.26 Å². The van der Waals surface area contributed by atoms with Crippen molar-refractivity contribution in [3.8, 4) is 6.07 Å². The minimum Gasteiger partial charge on any atom is -0.389 e. The third kappa shape index (κ3) is 1.92. The Labute approximate surface area is 84.7 Å². The highest BCUT2D eigenvalue weighted by Gasteiger charge is 2.37. The molecule has 0 spiro atoms.